The summed E-state index contributed by atoms with van der Waals surface area (Å²) in [6.07, 6.45) is 5.92. The number of nitrogens with zero attached hydrogens (tertiary/aromatic N) is 9. The molecular formula is C15H21N9. The molecule has 126 valence electrons. The molecule has 0 bridgehead atoms. The maximum atomic E-state index is 4.52. The summed E-state index contributed by atoms with van der Waals surface area (Å²) in [4.78, 5) is 8.83. The van der Waals surface area contributed by atoms with Gasteiger partial charge in [-0.25, -0.2) is 4.98 Å². The zero-order valence-electron chi connectivity index (χ0n) is 13.8. The van der Waals surface area contributed by atoms with Crippen molar-refractivity contribution in [1.29, 1.82) is 0 Å². The van der Waals surface area contributed by atoms with E-state index in [0.717, 1.165) is 62.7 Å². The Labute approximate surface area is 139 Å². The number of rotatable bonds is 5. The fourth-order valence-electron chi connectivity index (χ4n) is 3.07. The molecule has 0 unspecified atom stereocenters. The van der Waals surface area contributed by atoms with Crippen LogP contribution in [0.2, 0.25) is 0 Å². The average molecular weight is 327 g/mol. The second kappa shape index (κ2) is 6.52. The maximum absolute atomic E-state index is 4.52. The monoisotopic (exact) mass is 327 g/mol. The Bertz CT molecular complexity index is 786. The molecule has 0 aromatic carbocycles. The van der Waals surface area contributed by atoms with E-state index in [9.17, 15) is 0 Å². The van der Waals surface area contributed by atoms with Gasteiger partial charge in [0.05, 0.1) is 17.9 Å². The Balaban J connectivity index is 1.43. The molecule has 0 radical (unpaired) electrons. The van der Waals surface area contributed by atoms with Crippen LogP contribution in [-0.2, 0) is 13.0 Å². The van der Waals surface area contributed by atoms with Crippen LogP contribution >= 0.6 is 0 Å². The highest BCUT2D eigenvalue weighted by Gasteiger charge is 2.20. The van der Waals surface area contributed by atoms with Gasteiger partial charge in [-0.2, -0.15) is 14.7 Å². The Kier molecular flexibility index (Phi) is 4.08. The van der Waals surface area contributed by atoms with Crippen LogP contribution < -0.4 is 4.90 Å². The van der Waals surface area contributed by atoms with Gasteiger partial charge in [0.15, 0.2) is 0 Å². The normalized spacial score (nSPS) is 16.1. The minimum atomic E-state index is 0.836. The smallest absolute Gasteiger partial charge is 0.200 e. The first-order valence-electron chi connectivity index (χ1n) is 8.33. The molecule has 4 rings (SSSR count). The highest BCUT2D eigenvalue weighted by Crippen LogP contribution is 2.22. The van der Waals surface area contributed by atoms with Gasteiger partial charge in [-0.1, -0.05) is 6.92 Å². The molecule has 9 nitrogen and oxygen atoms in total. The topological polar surface area (TPSA) is 80.3 Å². The zero-order chi connectivity index (χ0) is 16.4. The van der Waals surface area contributed by atoms with Crippen LogP contribution in [0.25, 0.3) is 5.65 Å². The van der Waals surface area contributed by atoms with Crippen LogP contribution in [0.1, 0.15) is 12.6 Å². The number of hydrogen-bond acceptors (Lipinski definition) is 7. The first kappa shape index (κ1) is 15.0. The average Bonchev–Trinajstić information content (AvgIpc) is 3.31. The number of fused-ring (bicyclic) bond motifs is 1. The predicted octanol–water partition coefficient (Wildman–Crippen LogP) is 0.100. The van der Waals surface area contributed by atoms with Gasteiger partial charge in [0, 0.05) is 32.7 Å². The third kappa shape index (κ3) is 2.94. The van der Waals surface area contributed by atoms with Crippen molar-refractivity contribution in [1.82, 2.24) is 39.5 Å². The number of aryl methyl sites for hydroxylation is 1. The van der Waals surface area contributed by atoms with Gasteiger partial charge >= 0.3 is 0 Å². The quantitative estimate of drug-likeness (QED) is 0.657. The molecule has 9 heteroatoms. The van der Waals surface area contributed by atoms with E-state index < -0.39 is 0 Å². The summed E-state index contributed by atoms with van der Waals surface area (Å²) >= 11 is 0. The van der Waals surface area contributed by atoms with E-state index in [4.69, 9.17) is 0 Å². The molecule has 0 amide bonds. The predicted molar refractivity (Wildman–Crippen MR) is 88.8 cm³/mol. The van der Waals surface area contributed by atoms with Crippen molar-refractivity contribution in [3.05, 3.63) is 30.7 Å². The van der Waals surface area contributed by atoms with Crippen molar-refractivity contribution in [3.63, 3.8) is 0 Å². The molecule has 1 fully saturated rings. The van der Waals surface area contributed by atoms with E-state index in [-0.39, 0.29) is 0 Å². The summed E-state index contributed by atoms with van der Waals surface area (Å²) in [6.45, 7) is 8.00. The Morgan fingerprint density at radius 3 is 2.71 bits per heavy atom. The highest BCUT2D eigenvalue weighted by atomic mass is 15.4. The molecule has 24 heavy (non-hydrogen) atoms. The molecule has 0 spiro atoms. The van der Waals surface area contributed by atoms with E-state index >= 15 is 0 Å². The molecule has 1 saturated heterocycles. The third-order valence-electron chi connectivity index (χ3n) is 4.49. The molecule has 3 aromatic rings. The SMILES string of the molecule is CCc1cc(N2CCN(CCn3cncn3)CC2)c2nncn2n1. The van der Waals surface area contributed by atoms with Crippen molar-refractivity contribution in [2.24, 2.45) is 0 Å². The largest absolute Gasteiger partial charge is 0.366 e. The van der Waals surface area contributed by atoms with E-state index in [1.807, 2.05) is 4.68 Å². The van der Waals surface area contributed by atoms with Gasteiger partial charge in [0.2, 0.25) is 5.65 Å². The van der Waals surface area contributed by atoms with E-state index in [1.54, 1.807) is 23.5 Å². The molecule has 0 saturated carbocycles. The van der Waals surface area contributed by atoms with Gasteiger partial charge < -0.3 is 4.90 Å². The molecule has 4 heterocycles. The first-order chi connectivity index (χ1) is 11.8. The van der Waals surface area contributed by atoms with Gasteiger partial charge in [-0.05, 0) is 12.5 Å². The fraction of sp³-hybridized carbons (Fsp3) is 0.533. The lowest BCUT2D eigenvalue weighted by Crippen LogP contribution is -2.47. The zero-order valence-corrected chi connectivity index (χ0v) is 13.8. The lowest BCUT2D eigenvalue weighted by molar-refractivity contribution is 0.244. The van der Waals surface area contributed by atoms with Gasteiger partial charge in [-0.15, -0.1) is 10.2 Å². The second-order valence-electron chi connectivity index (χ2n) is 5.96. The minimum Gasteiger partial charge on any atom is -0.366 e. The summed E-state index contributed by atoms with van der Waals surface area (Å²) < 4.78 is 3.66. The van der Waals surface area contributed by atoms with Gasteiger partial charge in [0.1, 0.15) is 19.0 Å². The standard InChI is InChI=1S/C15H21N9/c1-2-13-9-14(15-19-17-12-24(15)20-13)22-6-3-21(4-7-22)5-8-23-11-16-10-18-23/h9-12H,2-8H2,1H3. The molecule has 0 aliphatic carbocycles. The van der Waals surface area contributed by atoms with Crippen LogP contribution in [0.5, 0.6) is 0 Å². The molecule has 1 aliphatic heterocycles. The molecule has 3 aromatic heterocycles. The van der Waals surface area contributed by atoms with Gasteiger partial charge in [-0.3, -0.25) is 9.58 Å². The lowest BCUT2D eigenvalue weighted by atomic mass is 10.2. The molecule has 0 N–H and O–H groups in total. The van der Waals surface area contributed by atoms with Crippen LogP contribution in [0.15, 0.2) is 25.0 Å². The summed E-state index contributed by atoms with van der Waals surface area (Å²) in [5.41, 5.74) is 3.03. The molecule has 0 atom stereocenters. The highest BCUT2D eigenvalue weighted by molar-refractivity contribution is 5.68. The minimum absolute atomic E-state index is 0.836. The number of hydrogen-bond donors (Lipinski definition) is 0. The summed E-state index contributed by atoms with van der Waals surface area (Å²) in [6, 6.07) is 2.15. The first-order valence-corrected chi connectivity index (χ1v) is 8.33. The Hall–Kier alpha value is -2.55. The van der Waals surface area contributed by atoms with Crippen LogP contribution in [0.4, 0.5) is 5.69 Å². The van der Waals surface area contributed by atoms with Crippen molar-refractivity contribution in [2.75, 3.05) is 37.6 Å². The lowest BCUT2D eigenvalue weighted by Gasteiger charge is -2.36. The van der Waals surface area contributed by atoms with E-state index in [0.29, 0.717) is 0 Å². The number of anilines is 1. The molecule has 1 aliphatic rings. The summed E-state index contributed by atoms with van der Waals surface area (Å²) in [5.74, 6) is 0. The van der Waals surface area contributed by atoms with Crippen LogP contribution in [0.3, 0.4) is 0 Å². The summed E-state index contributed by atoms with van der Waals surface area (Å²) in [7, 11) is 0. The van der Waals surface area contributed by atoms with E-state index in [1.165, 1.54) is 0 Å². The van der Waals surface area contributed by atoms with Crippen LogP contribution in [-0.4, -0.2) is 72.2 Å². The van der Waals surface area contributed by atoms with Gasteiger partial charge in [0.25, 0.3) is 0 Å². The van der Waals surface area contributed by atoms with Crippen LogP contribution in [0, 0.1) is 0 Å². The molecular weight excluding hydrogens is 306 g/mol. The Morgan fingerprint density at radius 2 is 1.96 bits per heavy atom. The number of aromatic nitrogens is 7. The second-order valence-corrected chi connectivity index (χ2v) is 5.96. The van der Waals surface area contributed by atoms with E-state index in [2.05, 4.69) is 48.2 Å². The summed E-state index contributed by atoms with van der Waals surface area (Å²) in [5, 5.41) is 16.9. The van der Waals surface area contributed by atoms with Crippen molar-refractivity contribution in [2.45, 2.75) is 19.9 Å². The fourth-order valence-corrected chi connectivity index (χ4v) is 3.07. The number of piperazine rings is 1. The van der Waals surface area contributed by atoms with Crippen molar-refractivity contribution in [3.8, 4) is 0 Å². The van der Waals surface area contributed by atoms with Crippen molar-refractivity contribution < 1.29 is 0 Å². The van der Waals surface area contributed by atoms with Crippen molar-refractivity contribution >= 4 is 11.3 Å². The Morgan fingerprint density at radius 1 is 1.08 bits per heavy atom. The maximum Gasteiger partial charge on any atom is 0.200 e. The third-order valence-corrected chi connectivity index (χ3v) is 4.49.